The molecule has 6 nitrogen and oxygen atoms in total. The molecule has 0 saturated heterocycles. The summed E-state index contributed by atoms with van der Waals surface area (Å²) < 4.78 is 33.3. The maximum Gasteiger partial charge on any atom is 0.238 e. The number of nitrogens with two attached hydrogens (primary N) is 1. The van der Waals surface area contributed by atoms with Gasteiger partial charge in [-0.05, 0) is 48.6 Å². The Morgan fingerprint density at radius 3 is 2.52 bits per heavy atom. The molecule has 3 rings (SSSR count). The Bertz CT molecular complexity index is 1060. The van der Waals surface area contributed by atoms with Crippen molar-refractivity contribution >= 4 is 32.9 Å². The second-order valence-corrected chi connectivity index (χ2v) is 6.86. The monoisotopic (exact) mass is 357 g/mol. The molecule has 0 fully saturated rings. The maximum atomic E-state index is 12.2. The van der Waals surface area contributed by atoms with E-state index >= 15 is 0 Å². The van der Waals surface area contributed by atoms with Crippen molar-refractivity contribution in [2.24, 2.45) is 5.14 Å². The summed E-state index contributed by atoms with van der Waals surface area (Å²) in [5, 5.41) is 5.89. The Hall–Kier alpha value is -2.90. The van der Waals surface area contributed by atoms with Gasteiger partial charge in [-0.1, -0.05) is 12.1 Å². The van der Waals surface area contributed by atoms with Crippen molar-refractivity contribution in [3.8, 4) is 5.75 Å². The molecule has 7 heteroatoms. The van der Waals surface area contributed by atoms with Gasteiger partial charge in [-0.3, -0.25) is 4.79 Å². The number of para-hydroxylation sites is 1. The van der Waals surface area contributed by atoms with Gasteiger partial charge >= 0.3 is 0 Å². The number of hydrogen-bond acceptors (Lipinski definition) is 5. The van der Waals surface area contributed by atoms with E-state index in [1.807, 2.05) is 12.1 Å². The number of primary sulfonamides is 1. The first kappa shape index (κ1) is 16.9. The van der Waals surface area contributed by atoms with E-state index in [9.17, 15) is 13.2 Å². The highest BCUT2D eigenvalue weighted by atomic mass is 32.2. The summed E-state index contributed by atoms with van der Waals surface area (Å²) in [5.74, 6) is 0.837. The van der Waals surface area contributed by atoms with Crippen LogP contribution < -0.4 is 9.88 Å². The molecule has 1 aromatic heterocycles. The Morgan fingerprint density at radius 2 is 1.88 bits per heavy atom. The lowest BCUT2D eigenvalue weighted by atomic mass is 10.1. The summed E-state index contributed by atoms with van der Waals surface area (Å²) in [5.41, 5.74) is 0.951. The van der Waals surface area contributed by atoms with E-state index in [1.165, 1.54) is 30.3 Å². The lowest BCUT2D eigenvalue weighted by molar-refractivity contribution is 0.104. The number of carbonyl (C=O) groups excluding carboxylic acids is 1. The minimum atomic E-state index is -3.78. The first-order valence-electron chi connectivity index (χ1n) is 7.30. The fraction of sp³-hybridized carbons (Fsp3) is 0.0556. The summed E-state index contributed by atoms with van der Waals surface area (Å²) >= 11 is 0. The molecule has 0 aliphatic carbocycles. The first-order chi connectivity index (χ1) is 11.9. The molecule has 2 aromatic carbocycles. The van der Waals surface area contributed by atoms with Gasteiger partial charge < -0.3 is 9.15 Å². The molecule has 128 valence electrons. The predicted octanol–water partition coefficient (Wildman–Crippen LogP) is 2.98. The number of sulfonamides is 1. The molecule has 25 heavy (non-hydrogen) atoms. The third kappa shape index (κ3) is 3.62. The lowest BCUT2D eigenvalue weighted by Gasteiger charge is -1.99. The van der Waals surface area contributed by atoms with E-state index in [2.05, 4.69) is 0 Å². The van der Waals surface area contributed by atoms with Crippen molar-refractivity contribution in [3.63, 3.8) is 0 Å². The van der Waals surface area contributed by atoms with Gasteiger partial charge in [0.15, 0.2) is 17.1 Å². The molecule has 0 saturated carbocycles. The number of ether oxygens (including phenoxy) is 1. The fourth-order valence-electron chi connectivity index (χ4n) is 2.36. The molecule has 0 amide bonds. The number of hydrogen-bond donors (Lipinski definition) is 1. The average Bonchev–Trinajstić information content (AvgIpc) is 3.02. The molecule has 3 aromatic rings. The number of furan rings is 1. The summed E-state index contributed by atoms with van der Waals surface area (Å²) in [6, 6.07) is 12.7. The number of methoxy groups -OCH3 is 1. The van der Waals surface area contributed by atoms with E-state index < -0.39 is 10.0 Å². The van der Waals surface area contributed by atoms with E-state index in [1.54, 1.807) is 25.3 Å². The zero-order valence-corrected chi connectivity index (χ0v) is 14.1. The lowest BCUT2D eigenvalue weighted by Crippen LogP contribution is -2.12. The zero-order chi connectivity index (χ0) is 18.0. The molecule has 0 unspecified atom stereocenters. The van der Waals surface area contributed by atoms with Crippen molar-refractivity contribution in [3.05, 3.63) is 65.9 Å². The number of ketones is 1. The minimum absolute atomic E-state index is 0.0441. The Morgan fingerprint density at radius 1 is 1.16 bits per heavy atom. The van der Waals surface area contributed by atoms with Crippen LogP contribution in [0, 0.1) is 0 Å². The second-order valence-electron chi connectivity index (χ2n) is 5.29. The number of rotatable bonds is 5. The Labute approximate surface area is 144 Å². The van der Waals surface area contributed by atoms with Crippen molar-refractivity contribution in [2.75, 3.05) is 7.11 Å². The molecule has 0 radical (unpaired) electrons. The topological polar surface area (TPSA) is 99.6 Å². The maximum absolute atomic E-state index is 12.2. The van der Waals surface area contributed by atoms with E-state index in [4.69, 9.17) is 14.3 Å². The largest absolute Gasteiger partial charge is 0.493 e. The molecule has 0 aliphatic rings. The normalized spacial score (nSPS) is 11.9. The fourth-order valence-corrected chi connectivity index (χ4v) is 2.88. The molecule has 1 heterocycles. The summed E-state index contributed by atoms with van der Waals surface area (Å²) in [4.78, 5) is 12.1. The van der Waals surface area contributed by atoms with Gasteiger partial charge in [-0.2, -0.15) is 0 Å². The van der Waals surface area contributed by atoms with Crippen LogP contribution in [0.15, 0.2) is 63.9 Å². The molecule has 0 atom stereocenters. The van der Waals surface area contributed by atoms with Crippen LogP contribution in [0.3, 0.4) is 0 Å². The first-order valence-corrected chi connectivity index (χ1v) is 8.85. The number of benzene rings is 2. The van der Waals surface area contributed by atoms with E-state index in [0.717, 1.165) is 5.39 Å². The minimum Gasteiger partial charge on any atom is -0.493 e. The number of allylic oxidation sites excluding steroid dienone is 1. The highest BCUT2D eigenvalue weighted by molar-refractivity contribution is 7.89. The number of fused-ring (bicyclic) bond motifs is 1. The molecular weight excluding hydrogens is 342 g/mol. The van der Waals surface area contributed by atoms with Crippen LogP contribution in [0.2, 0.25) is 0 Å². The quantitative estimate of drug-likeness (QED) is 0.559. The zero-order valence-electron chi connectivity index (χ0n) is 13.3. The summed E-state index contributed by atoms with van der Waals surface area (Å²) in [6.07, 6.45) is 2.91. The van der Waals surface area contributed by atoms with Gasteiger partial charge in [0, 0.05) is 10.9 Å². The smallest absolute Gasteiger partial charge is 0.238 e. The van der Waals surface area contributed by atoms with Gasteiger partial charge in [0.2, 0.25) is 10.0 Å². The Kier molecular flexibility index (Phi) is 4.43. The van der Waals surface area contributed by atoms with Crippen LogP contribution in [-0.4, -0.2) is 21.3 Å². The molecule has 0 aliphatic heterocycles. The molecular formula is C18H15NO5S. The van der Waals surface area contributed by atoms with Crippen LogP contribution in [0.4, 0.5) is 0 Å². The van der Waals surface area contributed by atoms with Crippen LogP contribution in [0.25, 0.3) is 17.0 Å². The third-order valence-corrected chi connectivity index (χ3v) is 4.54. The SMILES string of the molecule is COc1cccc2cc(C=CC(=O)c3ccc(S(N)(=O)=O)cc3)oc12. The van der Waals surface area contributed by atoms with E-state index in [-0.39, 0.29) is 10.7 Å². The van der Waals surface area contributed by atoms with Gasteiger partial charge in [0.1, 0.15) is 5.76 Å². The average molecular weight is 357 g/mol. The summed E-state index contributed by atoms with van der Waals surface area (Å²) in [6.45, 7) is 0. The highest BCUT2D eigenvalue weighted by Crippen LogP contribution is 2.28. The van der Waals surface area contributed by atoms with Gasteiger partial charge in [-0.25, -0.2) is 13.6 Å². The standard InChI is InChI=1S/C18H15NO5S/c1-23-17-4-2-3-13-11-14(24-18(13)17)7-10-16(20)12-5-8-15(9-6-12)25(19,21)22/h2-11H,1H3,(H2,19,21,22). The third-order valence-electron chi connectivity index (χ3n) is 3.61. The van der Waals surface area contributed by atoms with Crippen LogP contribution in [0.5, 0.6) is 5.75 Å². The van der Waals surface area contributed by atoms with E-state index in [0.29, 0.717) is 22.7 Å². The van der Waals surface area contributed by atoms with Crippen LogP contribution in [0.1, 0.15) is 16.1 Å². The Balaban J connectivity index is 1.83. The van der Waals surface area contributed by atoms with Crippen molar-refractivity contribution in [1.82, 2.24) is 0 Å². The van der Waals surface area contributed by atoms with Crippen molar-refractivity contribution < 1.29 is 22.4 Å². The molecule has 0 bridgehead atoms. The highest BCUT2D eigenvalue weighted by Gasteiger charge is 2.10. The van der Waals surface area contributed by atoms with Gasteiger partial charge in [0.25, 0.3) is 0 Å². The van der Waals surface area contributed by atoms with Crippen LogP contribution >= 0.6 is 0 Å². The van der Waals surface area contributed by atoms with Crippen LogP contribution in [-0.2, 0) is 10.0 Å². The summed E-state index contributed by atoms with van der Waals surface area (Å²) in [7, 11) is -2.22. The van der Waals surface area contributed by atoms with Gasteiger partial charge in [0.05, 0.1) is 12.0 Å². The molecule has 2 N–H and O–H groups in total. The number of carbonyl (C=O) groups is 1. The van der Waals surface area contributed by atoms with Gasteiger partial charge in [-0.15, -0.1) is 0 Å². The molecule has 0 spiro atoms. The van der Waals surface area contributed by atoms with Crippen molar-refractivity contribution in [2.45, 2.75) is 4.90 Å². The van der Waals surface area contributed by atoms with Crippen molar-refractivity contribution in [1.29, 1.82) is 0 Å². The second kappa shape index (κ2) is 6.54. The predicted molar refractivity (Wildman–Crippen MR) is 93.9 cm³/mol.